The lowest BCUT2D eigenvalue weighted by Gasteiger charge is -2.27. The van der Waals surface area contributed by atoms with Crippen LogP contribution in [-0.2, 0) is 11.2 Å². The molecule has 0 atom stereocenters. The van der Waals surface area contributed by atoms with E-state index in [2.05, 4.69) is 58.8 Å². The summed E-state index contributed by atoms with van der Waals surface area (Å²) in [5.74, 6) is 0.0548. The van der Waals surface area contributed by atoms with Crippen LogP contribution in [0.3, 0.4) is 0 Å². The highest BCUT2D eigenvalue weighted by Gasteiger charge is 2.13. The van der Waals surface area contributed by atoms with Gasteiger partial charge in [0.1, 0.15) is 0 Å². The van der Waals surface area contributed by atoms with Gasteiger partial charge in [-0.2, -0.15) is 0 Å². The molecule has 0 saturated heterocycles. The normalized spacial score (nSPS) is 15.3. The van der Waals surface area contributed by atoms with Gasteiger partial charge in [-0.15, -0.1) is 0 Å². The number of carbonyl (C=O) groups is 1. The number of nitrogens with one attached hydrogen (secondary N) is 1. The number of hydrogen-bond donors (Lipinski definition) is 1. The van der Waals surface area contributed by atoms with Crippen LogP contribution in [0.4, 0.5) is 0 Å². The SMILES string of the molecule is CC(=O)NCCC1=CCCN(CCc2cccc3ccccc23)C1. The molecule has 2 aromatic rings. The number of rotatable bonds is 6. The van der Waals surface area contributed by atoms with Crippen LogP contribution in [0, 0.1) is 0 Å². The molecule has 0 spiro atoms. The van der Waals surface area contributed by atoms with E-state index in [-0.39, 0.29) is 5.91 Å². The quantitative estimate of drug-likeness (QED) is 0.825. The first-order valence-electron chi connectivity index (χ1n) is 8.84. The van der Waals surface area contributed by atoms with Crippen molar-refractivity contribution >= 4 is 16.7 Å². The van der Waals surface area contributed by atoms with E-state index in [9.17, 15) is 4.79 Å². The van der Waals surface area contributed by atoms with E-state index < -0.39 is 0 Å². The van der Waals surface area contributed by atoms with E-state index in [1.807, 2.05) is 0 Å². The number of hydrogen-bond acceptors (Lipinski definition) is 2. The summed E-state index contributed by atoms with van der Waals surface area (Å²) in [4.78, 5) is 13.5. The van der Waals surface area contributed by atoms with E-state index in [0.29, 0.717) is 0 Å². The molecule has 1 heterocycles. The third-order valence-electron chi connectivity index (χ3n) is 4.70. The lowest BCUT2D eigenvalue weighted by molar-refractivity contribution is -0.118. The first-order chi connectivity index (χ1) is 11.7. The monoisotopic (exact) mass is 322 g/mol. The predicted molar refractivity (Wildman–Crippen MR) is 100 cm³/mol. The van der Waals surface area contributed by atoms with E-state index in [1.165, 1.54) is 21.9 Å². The molecular formula is C21H26N2O. The molecular weight excluding hydrogens is 296 g/mol. The van der Waals surface area contributed by atoms with Gasteiger partial charge in [-0.1, -0.05) is 54.1 Å². The highest BCUT2D eigenvalue weighted by atomic mass is 16.1. The Bertz CT molecular complexity index is 730. The fourth-order valence-electron chi connectivity index (χ4n) is 3.44. The Morgan fingerprint density at radius 1 is 1.12 bits per heavy atom. The molecule has 0 aliphatic carbocycles. The third-order valence-corrected chi connectivity index (χ3v) is 4.70. The van der Waals surface area contributed by atoms with Crippen molar-refractivity contribution < 1.29 is 4.79 Å². The maximum Gasteiger partial charge on any atom is 0.216 e. The van der Waals surface area contributed by atoms with Gasteiger partial charge in [-0.25, -0.2) is 0 Å². The van der Waals surface area contributed by atoms with E-state index in [4.69, 9.17) is 0 Å². The minimum atomic E-state index is 0.0548. The predicted octanol–water partition coefficient (Wildman–Crippen LogP) is 3.54. The van der Waals surface area contributed by atoms with Crippen molar-refractivity contribution in [2.75, 3.05) is 26.2 Å². The van der Waals surface area contributed by atoms with Gasteiger partial charge in [0.05, 0.1) is 0 Å². The smallest absolute Gasteiger partial charge is 0.216 e. The third kappa shape index (κ3) is 4.45. The molecule has 3 rings (SSSR count). The highest BCUT2D eigenvalue weighted by molar-refractivity contribution is 5.85. The number of nitrogens with zero attached hydrogens (tertiary/aromatic N) is 1. The van der Waals surface area contributed by atoms with Crippen molar-refractivity contribution in [1.29, 1.82) is 0 Å². The summed E-state index contributed by atoms with van der Waals surface area (Å²) in [5.41, 5.74) is 2.88. The summed E-state index contributed by atoms with van der Waals surface area (Å²) < 4.78 is 0. The number of benzene rings is 2. The molecule has 3 nitrogen and oxygen atoms in total. The zero-order valence-electron chi connectivity index (χ0n) is 14.4. The van der Waals surface area contributed by atoms with Crippen molar-refractivity contribution in [1.82, 2.24) is 10.2 Å². The molecule has 1 N–H and O–H groups in total. The van der Waals surface area contributed by atoms with Crippen molar-refractivity contribution in [3.8, 4) is 0 Å². The summed E-state index contributed by atoms with van der Waals surface area (Å²) in [6, 6.07) is 15.2. The van der Waals surface area contributed by atoms with Gasteiger partial charge in [-0.3, -0.25) is 9.69 Å². The molecule has 0 aromatic heterocycles. The van der Waals surface area contributed by atoms with Gasteiger partial charge >= 0.3 is 0 Å². The van der Waals surface area contributed by atoms with Crippen LogP contribution in [-0.4, -0.2) is 37.0 Å². The van der Waals surface area contributed by atoms with Crippen LogP contribution in [0.15, 0.2) is 54.1 Å². The van der Waals surface area contributed by atoms with Crippen LogP contribution in [0.5, 0.6) is 0 Å². The van der Waals surface area contributed by atoms with Crippen molar-refractivity contribution in [3.63, 3.8) is 0 Å². The molecule has 24 heavy (non-hydrogen) atoms. The van der Waals surface area contributed by atoms with Gasteiger partial charge in [0.25, 0.3) is 0 Å². The van der Waals surface area contributed by atoms with Crippen molar-refractivity contribution in [2.24, 2.45) is 0 Å². The number of carbonyl (C=O) groups excluding carboxylic acids is 1. The van der Waals surface area contributed by atoms with Crippen LogP contribution in [0.2, 0.25) is 0 Å². The van der Waals surface area contributed by atoms with E-state index >= 15 is 0 Å². The zero-order valence-corrected chi connectivity index (χ0v) is 14.4. The Kier molecular flexibility index (Phi) is 5.65. The fraction of sp³-hybridized carbons (Fsp3) is 0.381. The lowest BCUT2D eigenvalue weighted by Crippen LogP contribution is -2.33. The van der Waals surface area contributed by atoms with Gasteiger partial charge in [-0.05, 0) is 35.6 Å². The van der Waals surface area contributed by atoms with Gasteiger partial charge in [0.15, 0.2) is 0 Å². The molecule has 0 saturated carbocycles. The summed E-state index contributed by atoms with van der Waals surface area (Å²) in [6.07, 6.45) is 5.51. The van der Waals surface area contributed by atoms with Gasteiger partial charge < -0.3 is 5.32 Å². The summed E-state index contributed by atoms with van der Waals surface area (Å²) in [7, 11) is 0. The van der Waals surface area contributed by atoms with Crippen LogP contribution in [0.25, 0.3) is 10.8 Å². The van der Waals surface area contributed by atoms with Gasteiger partial charge in [0.2, 0.25) is 5.91 Å². The first-order valence-corrected chi connectivity index (χ1v) is 8.84. The Labute approximate surface area is 144 Å². The molecule has 1 aliphatic heterocycles. The lowest BCUT2D eigenvalue weighted by atomic mass is 10.0. The minimum absolute atomic E-state index is 0.0548. The standard InChI is InChI=1S/C21H26N2O/c1-17(24)22-13-11-18-6-5-14-23(16-18)15-12-20-9-4-8-19-7-2-3-10-21(19)20/h2-4,6-10H,5,11-16H2,1H3,(H,22,24). The maximum absolute atomic E-state index is 11.0. The zero-order chi connectivity index (χ0) is 16.8. The Morgan fingerprint density at radius 3 is 2.83 bits per heavy atom. The molecule has 0 radical (unpaired) electrons. The molecule has 0 bridgehead atoms. The molecule has 0 fully saturated rings. The Balaban J connectivity index is 1.55. The average molecular weight is 322 g/mol. The van der Waals surface area contributed by atoms with Crippen LogP contribution in [0.1, 0.15) is 25.3 Å². The second-order valence-electron chi connectivity index (χ2n) is 6.55. The molecule has 2 aromatic carbocycles. The summed E-state index contributed by atoms with van der Waals surface area (Å²) in [6.45, 7) is 5.58. The Hall–Kier alpha value is -2.13. The van der Waals surface area contributed by atoms with Crippen molar-refractivity contribution in [2.45, 2.75) is 26.2 Å². The average Bonchev–Trinajstić information content (AvgIpc) is 2.60. The summed E-state index contributed by atoms with van der Waals surface area (Å²) >= 11 is 0. The maximum atomic E-state index is 11.0. The second-order valence-corrected chi connectivity index (χ2v) is 6.55. The topological polar surface area (TPSA) is 32.3 Å². The summed E-state index contributed by atoms with van der Waals surface area (Å²) in [5, 5.41) is 5.58. The molecule has 3 heteroatoms. The highest BCUT2D eigenvalue weighted by Crippen LogP contribution is 2.20. The number of fused-ring (bicyclic) bond motifs is 1. The molecule has 0 unspecified atom stereocenters. The van der Waals surface area contributed by atoms with Crippen LogP contribution < -0.4 is 5.32 Å². The molecule has 1 amide bonds. The fourth-order valence-corrected chi connectivity index (χ4v) is 3.44. The number of amides is 1. The first kappa shape index (κ1) is 16.7. The molecule has 1 aliphatic rings. The van der Waals surface area contributed by atoms with Gasteiger partial charge in [0, 0.05) is 33.1 Å². The van der Waals surface area contributed by atoms with E-state index in [1.54, 1.807) is 6.92 Å². The Morgan fingerprint density at radius 2 is 1.96 bits per heavy atom. The second kappa shape index (κ2) is 8.11. The van der Waals surface area contributed by atoms with Crippen molar-refractivity contribution in [3.05, 3.63) is 59.7 Å². The minimum Gasteiger partial charge on any atom is -0.356 e. The van der Waals surface area contributed by atoms with E-state index in [0.717, 1.165) is 45.4 Å². The largest absolute Gasteiger partial charge is 0.356 e. The van der Waals surface area contributed by atoms with Crippen LogP contribution >= 0.6 is 0 Å². The molecule has 126 valence electrons.